The maximum atomic E-state index is 13.7. The van der Waals surface area contributed by atoms with Gasteiger partial charge in [-0.3, -0.25) is 24.7 Å². The maximum absolute atomic E-state index is 13.7. The molecule has 140 valence electrons. The number of carbonyl (C=O) groups excluding carboxylic acids is 1. The molecule has 0 aliphatic rings. The summed E-state index contributed by atoms with van der Waals surface area (Å²) in [4.78, 5) is 22.0. The van der Waals surface area contributed by atoms with Crippen molar-refractivity contribution < 1.29 is 27.3 Å². The number of nitrogens with zero attached hydrogens (tertiary/aromatic N) is 4. The van der Waals surface area contributed by atoms with Gasteiger partial charge < -0.3 is 5.32 Å². The van der Waals surface area contributed by atoms with Gasteiger partial charge in [0, 0.05) is 17.8 Å². The molecule has 0 saturated carbocycles. The summed E-state index contributed by atoms with van der Waals surface area (Å²) in [6.07, 6.45) is 3.09. The van der Waals surface area contributed by atoms with E-state index in [0.29, 0.717) is 0 Å². The number of rotatable bonds is 5. The molecule has 0 fully saturated rings. The van der Waals surface area contributed by atoms with Gasteiger partial charge in [-0.2, -0.15) is 10.2 Å². The fourth-order valence-corrected chi connectivity index (χ4v) is 2.20. The zero-order valence-electron chi connectivity index (χ0n) is 13.0. The number of carbonyl (C=O) groups is 1. The highest BCUT2D eigenvalue weighted by atomic mass is 19.2. The molecule has 27 heavy (non-hydrogen) atoms. The van der Waals surface area contributed by atoms with Crippen LogP contribution in [-0.4, -0.2) is 30.8 Å². The van der Waals surface area contributed by atoms with Gasteiger partial charge in [0.25, 0.3) is 5.91 Å². The van der Waals surface area contributed by atoms with E-state index >= 15 is 0 Å². The second-order valence-corrected chi connectivity index (χ2v) is 5.21. The smallest absolute Gasteiger partial charge is 0.318 e. The van der Waals surface area contributed by atoms with Crippen molar-refractivity contribution >= 4 is 17.3 Å². The molecule has 1 amide bonds. The quantitative estimate of drug-likeness (QED) is 0.230. The van der Waals surface area contributed by atoms with E-state index in [1.807, 2.05) is 0 Å². The first-order valence-electron chi connectivity index (χ1n) is 7.11. The van der Waals surface area contributed by atoms with E-state index < -0.39 is 57.6 Å². The van der Waals surface area contributed by atoms with Crippen LogP contribution < -0.4 is 5.32 Å². The number of hydrogen-bond acceptors (Lipinski definition) is 5. The third-order valence-electron chi connectivity index (χ3n) is 3.46. The summed E-state index contributed by atoms with van der Waals surface area (Å²) in [6, 6.07) is 0.206. The minimum atomic E-state index is -1.82. The molecule has 0 aliphatic carbocycles. The summed E-state index contributed by atoms with van der Waals surface area (Å²) in [7, 11) is 0. The van der Waals surface area contributed by atoms with E-state index in [1.54, 1.807) is 0 Å². The Bertz CT molecular complexity index is 1050. The standard InChI is InChI=1S/C14H8F4N6O3/c15-8-1-9(16)12(18)11(17)7(8)5-23-4-6(2-20-23)21-14(25)13-10(24(26)27)3-19-22-13/h1-4H,5H2,(H,19,22)(H,21,25). The van der Waals surface area contributed by atoms with Crippen LogP contribution in [0.4, 0.5) is 28.9 Å². The van der Waals surface area contributed by atoms with E-state index in [1.165, 1.54) is 0 Å². The number of aromatic amines is 1. The molecule has 2 aromatic heterocycles. The third-order valence-corrected chi connectivity index (χ3v) is 3.46. The van der Waals surface area contributed by atoms with E-state index in [4.69, 9.17) is 0 Å². The number of anilines is 1. The Morgan fingerprint density at radius 1 is 1.22 bits per heavy atom. The number of halogens is 4. The second kappa shape index (κ2) is 6.86. The Morgan fingerprint density at radius 3 is 2.67 bits per heavy atom. The Hall–Kier alpha value is -3.77. The van der Waals surface area contributed by atoms with Gasteiger partial charge in [-0.05, 0) is 0 Å². The average Bonchev–Trinajstić information content (AvgIpc) is 3.26. The molecule has 13 heteroatoms. The largest absolute Gasteiger partial charge is 0.319 e. The van der Waals surface area contributed by atoms with Crippen LogP contribution in [0.2, 0.25) is 0 Å². The van der Waals surface area contributed by atoms with Crippen molar-refractivity contribution in [3.63, 3.8) is 0 Å². The van der Waals surface area contributed by atoms with Crippen LogP contribution in [0.3, 0.4) is 0 Å². The highest BCUT2D eigenvalue weighted by Crippen LogP contribution is 2.21. The Labute approximate surface area is 146 Å². The molecule has 1 aromatic carbocycles. The van der Waals surface area contributed by atoms with Crippen LogP contribution in [0, 0.1) is 33.4 Å². The lowest BCUT2D eigenvalue weighted by Crippen LogP contribution is -2.14. The zero-order chi connectivity index (χ0) is 19.7. The van der Waals surface area contributed by atoms with Crippen LogP contribution in [0.1, 0.15) is 16.1 Å². The molecule has 0 bridgehead atoms. The minimum absolute atomic E-state index is 0.0345. The topological polar surface area (TPSA) is 119 Å². The monoisotopic (exact) mass is 384 g/mol. The van der Waals surface area contributed by atoms with Crippen LogP contribution in [-0.2, 0) is 6.54 Å². The van der Waals surface area contributed by atoms with Crippen molar-refractivity contribution in [2.24, 2.45) is 0 Å². The van der Waals surface area contributed by atoms with E-state index in [9.17, 15) is 32.5 Å². The first-order valence-corrected chi connectivity index (χ1v) is 7.11. The molecule has 3 aromatic rings. The molecule has 3 rings (SSSR count). The van der Waals surface area contributed by atoms with Gasteiger partial charge in [0.1, 0.15) is 12.0 Å². The molecular weight excluding hydrogens is 376 g/mol. The predicted octanol–water partition coefficient (Wildman–Crippen LogP) is 2.37. The van der Waals surface area contributed by atoms with Crippen LogP contribution in [0.25, 0.3) is 0 Å². The number of amides is 1. The summed E-state index contributed by atoms with van der Waals surface area (Å²) < 4.78 is 54.5. The molecule has 9 nitrogen and oxygen atoms in total. The van der Waals surface area contributed by atoms with Crippen molar-refractivity contribution in [1.29, 1.82) is 0 Å². The Balaban J connectivity index is 1.78. The predicted molar refractivity (Wildman–Crippen MR) is 80.8 cm³/mol. The van der Waals surface area contributed by atoms with E-state index in [0.717, 1.165) is 23.3 Å². The van der Waals surface area contributed by atoms with Gasteiger partial charge in [0.15, 0.2) is 17.5 Å². The molecule has 2 N–H and O–H groups in total. The first-order chi connectivity index (χ1) is 12.8. The van der Waals surface area contributed by atoms with Crippen molar-refractivity contribution in [2.45, 2.75) is 6.54 Å². The molecule has 2 heterocycles. The van der Waals surface area contributed by atoms with Crippen molar-refractivity contribution in [2.75, 3.05) is 5.32 Å². The molecule has 0 saturated heterocycles. The molecule has 0 atom stereocenters. The van der Waals surface area contributed by atoms with Gasteiger partial charge in [-0.15, -0.1) is 0 Å². The lowest BCUT2D eigenvalue weighted by Gasteiger charge is -2.06. The Morgan fingerprint density at radius 2 is 1.96 bits per heavy atom. The highest BCUT2D eigenvalue weighted by Gasteiger charge is 2.23. The fourth-order valence-electron chi connectivity index (χ4n) is 2.20. The van der Waals surface area contributed by atoms with Crippen LogP contribution >= 0.6 is 0 Å². The summed E-state index contributed by atoms with van der Waals surface area (Å²) in [5, 5.41) is 22.4. The second-order valence-electron chi connectivity index (χ2n) is 5.21. The van der Waals surface area contributed by atoms with E-state index in [2.05, 4.69) is 20.6 Å². The number of H-pyrrole nitrogens is 1. The molecule has 0 aliphatic heterocycles. The van der Waals surface area contributed by atoms with Gasteiger partial charge >= 0.3 is 5.69 Å². The van der Waals surface area contributed by atoms with Gasteiger partial charge in [0.2, 0.25) is 5.69 Å². The fraction of sp³-hybridized carbons (Fsp3) is 0.0714. The highest BCUT2D eigenvalue weighted by molar-refractivity contribution is 6.05. The summed E-state index contributed by atoms with van der Waals surface area (Å²) in [6.45, 7) is -0.588. The van der Waals surface area contributed by atoms with Gasteiger partial charge in [-0.25, -0.2) is 17.6 Å². The maximum Gasteiger partial charge on any atom is 0.319 e. The normalized spacial score (nSPS) is 10.8. The van der Waals surface area contributed by atoms with E-state index in [-0.39, 0.29) is 11.8 Å². The third kappa shape index (κ3) is 3.47. The number of nitrogens with one attached hydrogen (secondary N) is 2. The lowest BCUT2D eigenvalue weighted by atomic mass is 10.2. The zero-order valence-corrected chi connectivity index (χ0v) is 13.0. The first kappa shape index (κ1) is 18.0. The van der Waals surface area contributed by atoms with Crippen LogP contribution in [0.5, 0.6) is 0 Å². The minimum Gasteiger partial charge on any atom is -0.318 e. The van der Waals surface area contributed by atoms with Crippen molar-refractivity contribution in [3.05, 3.63) is 69.3 Å². The summed E-state index contributed by atoms with van der Waals surface area (Å²) in [5.74, 6) is -7.38. The lowest BCUT2D eigenvalue weighted by molar-refractivity contribution is -0.385. The van der Waals surface area contributed by atoms with Crippen LogP contribution in [0.15, 0.2) is 24.7 Å². The number of hydrogen-bond donors (Lipinski definition) is 2. The number of benzene rings is 1. The molecule has 0 radical (unpaired) electrons. The summed E-state index contributed by atoms with van der Waals surface area (Å²) in [5.41, 5.74) is -1.69. The molecule has 0 unspecified atom stereocenters. The summed E-state index contributed by atoms with van der Waals surface area (Å²) >= 11 is 0. The molecule has 0 spiro atoms. The van der Waals surface area contributed by atoms with Gasteiger partial charge in [0.05, 0.1) is 23.4 Å². The average molecular weight is 384 g/mol. The SMILES string of the molecule is O=C(Nc1cnn(Cc2c(F)cc(F)c(F)c2F)c1)c1[nH]ncc1[N+](=O)[O-]. The Kier molecular flexibility index (Phi) is 4.58. The molecular formula is C14H8F4N6O3. The van der Waals surface area contributed by atoms with Gasteiger partial charge in [-0.1, -0.05) is 0 Å². The van der Waals surface area contributed by atoms with Crippen molar-refractivity contribution in [3.8, 4) is 0 Å². The number of nitro groups is 1. The number of aromatic nitrogens is 4. The van der Waals surface area contributed by atoms with Crippen molar-refractivity contribution in [1.82, 2.24) is 20.0 Å².